The number of aryl methyl sites for hydroxylation is 2. The fourth-order valence-corrected chi connectivity index (χ4v) is 2.65. The Morgan fingerprint density at radius 2 is 2.31 bits per heavy atom. The van der Waals surface area contributed by atoms with Gasteiger partial charge in [-0.1, -0.05) is 6.07 Å². The van der Waals surface area contributed by atoms with Crippen LogP contribution in [0.1, 0.15) is 28.5 Å². The quantitative estimate of drug-likeness (QED) is 0.880. The molecule has 2 nitrogen and oxygen atoms in total. The van der Waals surface area contributed by atoms with Crippen molar-refractivity contribution in [3.8, 4) is 0 Å². The Balaban J connectivity index is 1.94. The monoisotopic (exact) mass is 233 g/mol. The van der Waals surface area contributed by atoms with Crippen molar-refractivity contribution < 1.29 is 5.11 Å². The van der Waals surface area contributed by atoms with Crippen molar-refractivity contribution in [1.29, 1.82) is 0 Å². The van der Waals surface area contributed by atoms with Crippen molar-refractivity contribution in [3.63, 3.8) is 0 Å². The predicted molar refractivity (Wildman–Crippen MR) is 66.6 cm³/mol. The maximum absolute atomic E-state index is 10.0. The minimum atomic E-state index is -0.347. The van der Waals surface area contributed by atoms with E-state index in [1.54, 1.807) is 17.5 Å². The molecular weight excluding hydrogens is 218 g/mol. The van der Waals surface area contributed by atoms with E-state index in [9.17, 15) is 5.11 Å². The summed E-state index contributed by atoms with van der Waals surface area (Å²) in [5.74, 6) is 0. The molecule has 2 aromatic rings. The molecule has 1 N–H and O–H groups in total. The largest absolute Gasteiger partial charge is 0.388 e. The molecule has 0 bridgehead atoms. The Labute approximate surface area is 99.6 Å². The van der Waals surface area contributed by atoms with Crippen molar-refractivity contribution in [2.75, 3.05) is 0 Å². The number of nitrogens with zero attached hydrogens (tertiary/aromatic N) is 1. The molecule has 2 heterocycles. The molecule has 0 aromatic carbocycles. The summed E-state index contributed by atoms with van der Waals surface area (Å²) in [4.78, 5) is 5.15. The van der Waals surface area contributed by atoms with Crippen LogP contribution in [-0.2, 0) is 6.42 Å². The van der Waals surface area contributed by atoms with Gasteiger partial charge in [-0.05, 0) is 48.4 Å². The lowest BCUT2D eigenvalue weighted by atomic mass is 10.1. The predicted octanol–water partition coefficient (Wildman–Crippen LogP) is 3.12. The zero-order valence-electron chi connectivity index (χ0n) is 9.26. The van der Waals surface area contributed by atoms with Crippen molar-refractivity contribution in [1.82, 2.24) is 4.98 Å². The van der Waals surface area contributed by atoms with Gasteiger partial charge >= 0.3 is 0 Å². The Morgan fingerprint density at radius 1 is 1.44 bits per heavy atom. The van der Waals surface area contributed by atoms with Crippen LogP contribution in [0.25, 0.3) is 0 Å². The number of hydrogen-bond donors (Lipinski definition) is 1. The van der Waals surface area contributed by atoms with Crippen molar-refractivity contribution in [2.24, 2.45) is 0 Å². The summed E-state index contributed by atoms with van der Waals surface area (Å²) in [6.45, 7) is 2.04. The van der Waals surface area contributed by atoms with Crippen LogP contribution in [0.4, 0.5) is 0 Å². The minimum Gasteiger partial charge on any atom is -0.388 e. The third-order valence-electron chi connectivity index (χ3n) is 2.63. The Morgan fingerprint density at radius 3 is 2.94 bits per heavy atom. The molecule has 16 heavy (non-hydrogen) atoms. The summed E-state index contributed by atoms with van der Waals surface area (Å²) in [5.41, 5.74) is 2.36. The van der Waals surface area contributed by atoms with Gasteiger partial charge in [0.05, 0.1) is 6.10 Å². The van der Waals surface area contributed by atoms with E-state index < -0.39 is 0 Å². The molecule has 3 heteroatoms. The fraction of sp³-hybridized carbons (Fsp3) is 0.308. The van der Waals surface area contributed by atoms with Crippen LogP contribution >= 0.6 is 11.3 Å². The standard InChI is InChI=1S/C13H15NOS/c1-10-6-8-16-13(10)12(15)5-4-11-3-2-7-14-9-11/h2-3,6-9,12,15H,4-5H2,1H3. The van der Waals surface area contributed by atoms with Crippen LogP contribution < -0.4 is 0 Å². The summed E-state index contributed by atoms with van der Waals surface area (Å²) in [6, 6.07) is 6.02. The van der Waals surface area contributed by atoms with Gasteiger partial charge < -0.3 is 5.11 Å². The maximum atomic E-state index is 10.0. The molecule has 0 aliphatic carbocycles. The summed E-state index contributed by atoms with van der Waals surface area (Å²) >= 11 is 1.63. The first-order valence-corrected chi connectivity index (χ1v) is 6.26. The third-order valence-corrected chi connectivity index (χ3v) is 3.75. The molecule has 1 unspecified atom stereocenters. The van der Waals surface area contributed by atoms with Gasteiger partial charge in [-0.15, -0.1) is 11.3 Å². The summed E-state index contributed by atoms with van der Waals surface area (Å²) < 4.78 is 0. The fourth-order valence-electron chi connectivity index (χ4n) is 1.71. The lowest BCUT2D eigenvalue weighted by molar-refractivity contribution is 0.171. The molecule has 0 spiro atoms. The Bertz CT molecular complexity index is 438. The van der Waals surface area contributed by atoms with E-state index in [1.807, 2.05) is 36.7 Å². The molecule has 84 valence electrons. The van der Waals surface area contributed by atoms with Gasteiger partial charge in [0.15, 0.2) is 0 Å². The molecule has 0 aliphatic rings. The molecule has 0 saturated carbocycles. The van der Waals surface area contributed by atoms with E-state index in [-0.39, 0.29) is 6.10 Å². The van der Waals surface area contributed by atoms with E-state index in [0.29, 0.717) is 0 Å². The second-order valence-corrected chi connectivity index (χ2v) is 4.83. The Kier molecular flexibility index (Phi) is 3.70. The molecule has 0 amide bonds. The number of thiophene rings is 1. The van der Waals surface area contributed by atoms with Crippen molar-refractivity contribution in [3.05, 3.63) is 52.0 Å². The second-order valence-electron chi connectivity index (χ2n) is 3.88. The molecule has 0 saturated heterocycles. The first-order valence-electron chi connectivity index (χ1n) is 5.38. The smallest absolute Gasteiger partial charge is 0.0887 e. The van der Waals surface area contributed by atoms with E-state index >= 15 is 0 Å². The lowest BCUT2D eigenvalue weighted by Gasteiger charge is -2.09. The normalized spacial score (nSPS) is 12.6. The first kappa shape index (κ1) is 11.3. The Hall–Kier alpha value is -1.19. The van der Waals surface area contributed by atoms with Gasteiger partial charge in [-0.2, -0.15) is 0 Å². The van der Waals surface area contributed by atoms with Crippen LogP contribution in [0, 0.1) is 6.92 Å². The molecule has 0 radical (unpaired) electrons. The third kappa shape index (κ3) is 2.68. The lowest BCUT2D eigenvalue weighted by Crippen LogP contribution is -1.99. The van der Waals surface area contributed by atoms with Gasteiger partial charge in [0.2, 0.25) is 0 Å². The van der Waals surface area contributed by atoms with E-state index in [1.165, 1.54) is 11.1 Å². The maximum Gasteiger partial charge on any atom is 0.0887 e. The number of aliphatic hydroxyl groups is 1. The average molecular weight is 233 g/mol. The second kappa shape index (κ2) is 5.23. The van der Waals surface area contributed by atoms with Crippen LogP contribution in [0.2, 0.25) is 0 Å². The van der Waals surface area contributed by atoms with Gasteiger partial charge in [-0.25, -0.2) is 0 Å². The summed E-state index contributed by atoms with van der Waals surface area (Å²) in [6.07, 6.45) is 4.90. The van der Waals surface area contributed by atoms with Gasteiger partial charge in [0, 0.05) is 17.3 Å². The molecule has 0 aliphatic heterocycles. The highest BCUT2D eigenvalue weighted by molar-refractivity contribution is 7.10. The van der Waals surface area contributed by atoms with E-state index in [2.05, 4.69) is 4.98 Å². The molecule has 1 atom stereocenters. The number of rotatable bonds is 4. The van der Waals surface area contributed by atoms with E-state index in [4.69, 9.17) is 0 Å². The van der Waals surface area contributed by atoms with Gasteiger partial charge in [0.1, 0.15) is 0 Å². The highest BCUT2D eigenvalue weighted by Crippen LogP contribution is 2.26. The highest BCUT2D eigenvalue weighted by atomic mass is 32.1. The SMILES string of the molecule is Cc1ccsc1C(O)CCc1cccnc1. The molecular formula is C13H15NOS. The number of pyridine rings is 1. The zero-order valence-corrected chi connectivity index (χ0v) is 10.1. The average Bonchev–Trinajstić information content (AvgIpc) is 2.74. The topological polar surface area (TPSA) is 33.1 Å². The summed E-state index contributed by atoms with van der Waals surface area (Å²) in [5, 5.41) is 12.1. The highest BCUT2D eigenvalue weighted by Gasteiger charge is 2.11. The minimum absolute atomic E-state index is 0.347. The van der Waals surface area contributed by atoms with Crippen molar-refractivity contribution >= 4 is 11.3 Å². The zero-order chi connectivity index (χ0) is 11.4. The van der Waals surface area contributed by atoms with E-state index in [0.717, 1.165) is 17.7 Å². The van der Waals surface area contributed by atoms with Gasteiger partial charge in [-0.3, -0.25) is 4.98 Å². The summed E-state index contributed by atoms with van der Waals surface area (Å²) in [7, 11) is 0. The number of aromatic nitrogens is 1. The first-order chi connectivity index (χ1) is 7.77. The molecule has 2 rings (SSSR count). The van der Waals surface area contributed by atoms with Crippen LogP contribution in [0.5, 0.6) is 0 Å². The number of hydrogen-bond acceptors (Lipinski definition) is 3. The van der Waals surface area contributed by atoms with Crippen LogP contribution in [0.3, 0.4) is 0 Å². The molecule has 0 fully saturated rings. The van der Waals surface area contributed by atoms with Crippen molar-refractivity contribution in [2.45, 2.75) is 25.9 Å². The van der Waals surface area contributed by atoms with Crippen LogP contribution in [0.15, 0.2) is 36.0 Å². The van der Waals surface area contributed by atoms with Crippen LogP contribution in [-0.4, -0.2) is 10.1 Å². The number of aliphatic hydroxyl groups excluding tert-OH is 1. The van der Waals surface area contributed by atoms with Gasteiger partial charge in [0.25, 0.3) is 0 Å². The molecule has 2 aromatic heterocycles.